The van der Waals surface area contributed by atoms with E-state index in [4.69, 9.17) is 0 Å². The molecule has 1 fully saturated rings. The molecule has 102 valence electrons. The van der Waals surface area contributed by atoms with Gasteiger partial charge in [0.2, 0.25) is 0 Å². The fourth-order valence-electron chi connectivity index (χ4n) is 2.78. The third kappa shape index (κ3) is 3.29. The lowest BCUT2D eigenvalue weighted by Gasteiger charge is -2.27. The molecule has 18 heavy (non-hydrogen) atoms. The number of hydrogen-bond acceptors (Lipinski definition) is 4. The van der Waals surface area contributed by atoms with Crippen LogP contribution in [0.4, 0.5) is 0 Å². The zero-order valence-electron chi connectivity index (χ0n) is 11.3. The van der Waals surface area contributed by atoms with Crippen molar-refractivity contribution in [3.8, 4) is 0 Å². The number of aryl methyl sites for hydroxylation is 1. The van der Waals surface area contributed by atoms with E-state index in [0.29, 0.717) is 6.04 Å². The fourth-order valence-corrected chi connectivity index (χ4v) is 2.78. The van der Waals surface area contributed by atoms with Crippen LogP contribution >= 0.6 is 0 Å². The summed E-state index contributed by atoms with van der Waals surface area (Å²) >= 11 is 0. The van der Waals surface area contributed by atoms with Crippen LogP contribution in [0.15, 0.2) is 6.33 Å². The lowest BCUT2D eigenvalue weighted by molar-refractivity contribution is 0.139. The van der Waals surface area contributed by atoms with Gasteiger partial charge in [-0.2, -0.15) is 5.10 Å². The van der Waals surface area contributed by atoms with Crippen molar-refractivity contribution < 1.29 is 5.11 Å². The van der Waals surface area contributed by atoms with Gasteiger partial charge in [-0.15, -0.1) is 0 Å². The lowest BCUT2D eigenvalue weighted by atomic mass is 10.2. The Kier molecular flexibility index (Phi) is 5.13. The molecule has 0 atom stereocenters. The second-order valence-electron chi connectivity index (χ2n) is 5.03. The SMILES string of the molecule is CCCn1ncnc1CN(CCO)C1CCCC1. The largest absolute Gasteiger partial charge is 0.395 e. The maximum Gasteiger partial charge on any atom is 0.141 e. The Morgan fingerprint density at radius 3 is 2.89 bits per heavy atom. The van der Waals surface area contributed by atoms with Crippen molar-refractivity contribution in [2.45, 2.75) is 58.2 Å². The molecule has 1 saturated carbocycles. The maximum atomic E-state index is 9.21. The Balaban J connectivity index is 2.00. The summed E-state index contributed by atoms with van der Waals surface area (Å²) in [7, 11) is 0. The van der Waals surface area contributed by atoms with Crippen molar-refractivity contribution in [2.24, 2.45) is 0 Å². The van der Waals surface area contributed by atoms with Crippen LogP contribution < -0.4 is 0 Å². The van der Waals surface area contributed by atoms with Gasteiger partial charge in [-0.05, 0) is 19.3 Å². The average Bonchev–Trinajstić information content (AvgIpc) is 3.01. The maximum absolute atomic E-state index is 9.21. The molecule has 0 unspecified atom stereocenters. The van der Waals surface area contributed by atoms with E-state index in [1.807, 2.05) is 4.68 Å². The molecule has 5 heteroatoms. The summed E-state index contributed by atoms with van der Waals surface area (Å²) in [6.07, 6.45) is 7.84. The minimum Gasteiger partial charge on any atom is -0.395 e. The van der Waals surface area contributed by atoms with Gasteiger partial charge < -0.3 is 5.11 Å². The van der Waals surface area contributed by atoms with E-state index in [2.05, 4.69) is 21.9 Å². The summed E-state index contributed by atoms with van der Waals surface area (Å²) in [5.74, 6) is 1.03. The molecule has 0 saturated heterocycles. The number of aliphatic hydroxyl groups is 1. The Hall–Kier alpha value is -0.940. The highest BCUT2D eigenvalue weighted by Gasteiger charge is 2.23. The highest BCUT2D eigenvalue weighted by molar-refractivity contribution is 4.88. The van der Waals surface area contributed by atoms with E-state index in [1.54, 1.807) is 6.33 Å². The van der Waals surface area contributed by atoms with Crippen LogP contribution in [0.2, 0.25) is 0 Å². The third-order valence-corrected chi connectivity index (χ3v) is 3.70. The van der Waals surface area contributed by atoms with Crippen molar-refractivity contribution in [1.29, 1.82) is 0 Å². The van der Waals surface area contributed by atoms with E-state index in [0.717, 1.165) is 31.9 Å². The highest BCUT2D eigenvalue weighted by atomic mass is 16.3. The van der Waals surface area contributed by atoms with Crippen LogP contribution in [-0.2, 0) is 13.1 Å². The summed E-state index contributed by atoms with van der Waals surface area (Å²) in [6, 6.07) is 0.615. The number of aliphatic hydroxyl groups excluding tert-OH is 1. The van der Waals surface area contributed by atoms with Crippen molar-refractivity contribution in [1.82, 2.24) is 19.7 Å². The zero-order valence-corrected chi connectivity index (χ0v) is 11.3. The first-order valence-corrected chi connectivity index (χ1v) is 7.06. The topological polar surface area (TPSA) is 54.2 Å². The molecule has 2 rings (SSSR count). The van der Waals surface area contributed by atoms with Crippen LogP contribution in [0.3, 0.4) is 0 Å². The molecule has 0 radical (unpaired) electrons. The van der Waals surface area contributed by atoms with Gasteiger partial charge in [0, 0.05) is 19.1 Å². The molecule has 1 aromatic heterocycles. The van der Waals surface area contributed by atoms with E-state index >= 15 is 0 Å². The normalized spacial score (nSPS) is 16.8. The van der Waals surface area contributed by atoms with Gasteiger partial charge in [-0.1, -0.05) is 19.8 Å². The summed E-state index contributed by atoms with van der Waals surface area (Å²) in [6.45, 7) is 4.84. The summed E-state index contributed by atoms with van der Waals surface area (Å²) in [5.41, 5.74) is 0. The highest BCUT2D eigenvalue weighted by Crippen LogP contribution is 2.24. The molecule has 1 aliphatic carbocycles. The Bertz CT molecular complexity index is 347. The van der Waals surface area contributed by atoms with Crippen LogP contribution in [0.25, 0.3) is 0 Å². The fraction of sp³-hybridized carbons (Fsp3) is 0.846. The number of rotatable bonds is 7. The standard InChI is InChI=1S/C13H24N4O/c1-2-7-17-13(14-11-15-17)10-16(8-9-18)12-5-3-4-6-12/h11-12,18H,2-10H2,1H3. The van der Waals surface area contributed by atoms with Crippen LogP contribution in [0.5, 0.6) is 0 Å². The summed E-state index contributed by atoms with van der Waals surface area (Å²) in [4.78, 5) is 6.72. The smallest absolute Gasteiger partial charge is 0.141 e. The van der Waals surface area contributed by atoms with Crippen molar-refractivity contribution in [3.05, 3.63) is 12.2 Å². The second kappa shape index (κ2) is 6.85. The summed E-state index contributed by atoms with van der Waals surface area (Å²) < 4.78 is 1.99. The van der Waals surface area contributed by atoms with E-state index in [1.165, 1.54) is 25.7 Å². The summed E-state index contributed by atoms with van der Waals surface area (Å²) in [5, 5.41) is 13.5. The van der Waals surface area contributed by atoms with Gasteiger partial charge >= 0.3 is 0 Å². The molecular weight excluding hydrogens is 228 g/mol. The molecule has 0 amide bonds. The monoisotopic (exact) mass is 252 g/mol. The van der Waals surface area contributed by atoms with Gasteiger partial charge in [-0.25, -0.2) is 9.67 Å². The first kappa shape index (κ1) is 13.5. The molecule has 1 aromatic rings. The molecule has 0 bridgehead atoms. The first-order chi connectivity index (χ1) is 8.85. The molecule has 0 spiro atoms. The van der Waals surface area contributed by atoms with E-state index in [-0.39, 0.29) is 6.61 Å². The van der Waals surface area contributed by atoms with Crippen molar-refractivity contribution >= 4 is 0 Å². The Labute approximate surface area is 109 Å². The molecule has 1 aliphatic rings. The number of aromatic nitrogens is 3. The molecule has 1 N–H and O–H groups in total. The second-order valence-corrected chi connectivity index (χ2v) is 5.03. The van der Waals surface area contributed by atoms with Gasteiger partial charge in [0.25, 0.3) is 0 Å². The van der Waals surface area contributed by atoms with Gasteiger partial charge in [-0.3, -0.25) is 4.90 Å². The Morgan fingerprint density at radius 1 is 1.44 bits per heavy atom. The van der Waals surface area contributed by atoms with Crippen LogP contribution in [0.1, 0.15) is 44.9 Å². The minimum atomic E-state index is 0.221. The number of nitrogens with zero attached hydrogens (tertiary/aromatic N) is 4. The van der Waals surface area contributed by atoms with E-state index < -0.39 is 0 Å². The van der Waals surface area contributed by atoms with Gasteiger partial charge in [0.1, 0.15) is 12.2 Å². The van der Waals surface area contributed by atoms with Crippen LogP contribution in [0, 0.1) is 0 Å². The van der Waals surface area contributed by atoms with Gasteiger partial charge in [0.15, 0.2) is 0 Å². The van der Waals surface area contributed by atoms with Crippen molar-refractivity contribution in [3.63, 3.8) is 0 Å². The van der Waals surface area contributed by atoms with Gasteiger partial charge in [0.05, 0.1) is 13.2 Å². The van der Waals surface area contributed by atoms with Crippen molar-refractivity contribution in [2.75, 3.05) is 13.2 Å². The first-order valence-electron chi connectivity index (χ1n) is 7.06. The molecular formula is C13H24N4O. The van der Waals surface area contributed by atoms with Crippen LogP contribution in [-0.4, -0.2) is 44.0 Å². The molecule has 0 aromatic carbocycles. The predicted molar refractivity (Wildman–Crippen MR) is 70.1 cm³/mol. The van der Waals surface area contributed by atoms with E-state index in [9.17, 15) is 5.11 Å². The minimum absolute atomic E-state index is 0.221. The number of hydrogen-bond donors (Lipinski definition) is 1. The predicted octanol–water partition coefficient (Wildman–Crippen LogP) is 1.42. The molecule has 1 heterocycles. The quantitative estimate of drug-likeness (QED) is 0.797. The average molecular weight is 252 g/mol. The lowest BCUT2D eigenvalue weighted by Crippen LogP contribution is -2.36. The zero-order chi connectivity index (χ0) is 12.8. The third-order valence-electron chi connectivity index (χ3n) is 3.70. The molecule has 5 nitrogen and oxygen atoms in total. The molecule has 0 aliphatic heterocycles. The Morgan fingerprint density at radius 2 is 2.22 bits per heavy atom.